The third kappa shape index (κ3) is 2.37. The van der Waals surface area contributed by atoms with Gasteiger partial charge in [-0.1, -0.05) is 16.7 Å². The molecule has 0 aliphatic heterocycles. The molecule has 0 aliphatic rings. The van der Waals surface area contributed by atoms with Crippen molar-refractivity contribution in [2.45, 2.75) is 19.9 Å². The average molecular weight is 200 g/mol. The Balaban J connectivity index is 2.73. The molecule has 0 bridgehead atoms. The van der Waals surface area contributed by atoms with E-state index in [2.05, 4.69) is 15.0 Å². The van der Waals surface area contributed by atoms with Crippen LogP contribution in [0.25, 0.3) is 10.4 Å². The van der Waals surface area contributed by atoms with Gasteiger partial charge in [-0.3, -0.25) is 0 Å². The summed E-state index contributed by atoms with van der Waals surface area (Å²) < 4.78 is 1.94. The average Bonchev–Trinajstić information content (AvgIpc) is 2.48. The van der Waals surface area contributed by atoms with Crippen molar-refractivity contribution >= 4 is 11.6 Å². The first kappa shape index (κ1) is 9.89. The summed E-state index contributed by atoms with van der Waals surface area (Å²) in [5.41, 5.74) is 9.02. The highest BCUT2D eigenvalue weighted by Gasteiger charge is 2.06. The highest BCUT2D eigenvalue weighted by Crippen LogP contribution is 2.14. The molecule has 0 saturated carbocycles. The Morgan fingerprint density at radius 3 is 3.15 bits per heavy atom. The predicted octanol–water partition coefficient (Wildman–Crippen LogP) is 2.41. The molecule has 0 N–H and O–H groups in total. The summed E-state index contributed by atoms with van der Waals surface area (Å²) in [7, 11) is 0. The molecule has 1 aromatic rings. The Bertz CT molecular complexity index is 326. The molecule has 0 aromatic carbocycles. The summed E-state index contributed by atoms with van der Waals surface area (Å²) in [6.07, 6.45) is 2.32. The molecule has 0 spiro atoms. The summed E-state index contributed by atoms with van der Waals surface area (Å²) >= 11 is 5.84. The first-order chi connectivity index (χ1) is 6.29. The van der Waals surface area contributed by atoms with Gasteiger partial charge in [-0.25, -0.2) is 4.98 Å². The zero-order valence-corrected chi connectivity index (χ0v) is 8.07. The van der Waals surface area contributed by atoms with Crippen LogP contribution in [0.5, 0.6) is 0 Å². The molecule has 13 heavy (non-hydrogen) atoms. The Morgan fingerprint density at radius 1 is 1.77 bits per heavy atom. The molecule has 0 fully saturated rings. The predicted molar refractivity (Wildman–Crippen MR) is 50.6 cm³/mol. The van der Waals surface area contributed by atoms with Gasteiger partial charge in [0, 0.05) is 18.0 Å². The van der Waals surface area contributed by atoms with Gasteiger partial charge in [0.25, 0.3) is 0 Å². The summed E-state index contributed by atoms with van der Waals surface area (Å²) in [4.78, 5) is 6.63. The molecular weight excluding hydrogens is 190 g/mol. The minimum Gasteiger partial charge on any atom is -0.333 e. The van der Waals surface area contributed by atoms with Gasteiger partial charge in [0.1, 0.15) is 5.15 Å². The zero-order valence-electron chi connectivity index (χ0n) is 7.31. The van der Waals surface area contributed by atoms with E-state index in [0.29, 0.717) is 18.1 Å². The van der Waals surface area contributed by atoms with Crippen LogP contribution in [0, 0.1) is 0 Å². The number of aromatic nitrogens is 2. The Morgan fingerprint density at radius 2 is 2.54 bits per heavy atom. The lowest BCUT2D eigenvalue weighted by Crippen LogP contribution is -2.01. The molecule has 5 nitrogen and oxygen atoms in total. The number of halogens is 1. The van der Waals surface area contributed by atoms with E-state index >= 15 is 0 Å². The SMILES string of the molecule is CCn1cnc(Cl)c1CCN=[N+]=[N-]. The van der Waals surface area contributed by atoms with Gasteiger partial charge in [0.05, 0.1) is 12.0 Å². The molecule has 0 unspecified atom stereocenters. The molecule has 0 saturated heterocycles. The number of hydrogen-bond acceptors (Lipinski definition) is 2. The molecule has 0 aliphatic carbocycles. The maximum absolute atomic E-state index is 8.09. The van der Waals surface area contributed by atoms with Crippen molar-refractivity contribution in [1.82, 2.24) is 9.55 Å². The molecule has 1 aromatic heterocycles. The maximum atomic E-state index is 8.09. The monoisotopic (exact) mass is 199 g/mol. The maximum Gasteiger partial charge on any atom is 0.150 e. The summed E-state index contributed by atoms with van der Waals surface area (Å²) in [5, 5.41) is 3.94. The molecule has 0 atom stereocenters. The van der Waals surface area contributed by atoms with Crippen molar-refractivity contribution in [1.29, 1.82) is 0 Å². The first-order valence-corrected chi connectivity index (χ1v) is 4.37. The fourth-order valence-electron chi connectivity index (χ4n) is 1.10. The molecule has 1 heterocycles. The number of hydrogen-bond donors (Lipinski definition) is 0. The van der Waals surface area contributed by atoms with Gasteiger partial charge >= 0.3 is 0 Å². The van der Waals surface area contributed by atoms with Gasteiger partial charge in [-0.2, -0.15) is 0 Å². The second kappa shape index (κ2) is 4.74. The van der Waals surface area contributed by atoms with Crippen LogP contribution in [-0.2, 0) is 13.0 Å². The van der Waals surface area contributed by atoms with E-state index in [0.717, 1.165) is 12.2 Å². The number of imidazole rings is 1. The fourth-order valence-corrected chi connectivity index (χ4v) is 1.35. The third-order valence-corrected chi connectivity index (χ3v) is 2.06. The van der Waals surface area contributed by atoms with Crippen LogP contribution in [0.4, 0.5) is 0 Å². The Kier molecular flexibility index (Phi) is 3.61. The van der Waals surface area contributed by atoms with Crippen molar-refractivity contribution in [3.8, 4) is 0 Å². The van der Waals surface area contributed by atoms with E-state index in [9.17, 15) is 0 Å². The van der Waals surface area contributed by atoms with E-state index in [-0.39, 0.29) is 0 Å². The van der Waals surface area contributed by atoms with Crippen LogP contribution >= 0.6 is 11.6 Å². The second-order valence-corrected chi connectivity index (χ2v) is 2.83. The van der Waals surface area contributed by atoms with Crippen LogP contribution in [0.15, 0.2) is 11.4 Å². The van der Waals surface area contributed by atoms with Crippen molar-refractivity contribution in [3.63, 3.8) is 0 Å². The molecule has 1 rings (SSSR count). The largest absolute Gasteiger partial charge is 0.333 e. The lowest BCUT2D eigenvalue weighted by Gasteiger charge is -2.02. The fraction of sp³-hybridized carbons (Fsp3) is 0.571. The molecule has 70 valence electrons. The number of rotatable bonds is 4. The van der Waals surface area contributed by atoms with E-state index < -0.39 is 0 Å². The van der Waals surface area contributed by atoms with Crippen molar-refractivity contribution in [2.75, 3.05) is 6.54 Å². The molecular formula is C7H10ClN5. The Hall–Kier alpha value is -1.19. The summed E-state index contributed by atoms with van der Waals surface area (Å²) in [6, 6.07) is 0. The third-order valence-electron chi connectivity index (χ3n) is 1.75. The van der Waals surface area contributed by atoms with Crippen LogP contribution in [0.1, 0.15) is 12.6 Å². The normalized spacial score (nSPS) is 9.69. The molecule has 0 radical (unpaired) electrons. The lowest BCUT2D eigenvalue weighted by molar-refractivity contribution is 0.706. The van der Waals surface area contributed by atoms with Crippen LogP contribution in [0.2, 0.25) is 5.15 Å². The lowest BCUT2D eigenvalue weighted by atomic mass is 10.3. The van der Waals surface area contributed by atoms with Gasteiger partial charge in [-0.15, -0.1) is 0 Å². The highest BCUT2D eigenvalue weighted by atomic mass is 35.5. The topological polar surface area (TPSA) is 66.6 Å². The number of aryl methyl sites for hydroxylation is 1. The van der Waals surface area contributed by atoms with Gasteiger partial charge < -0.3 is 4.57 Å². The van der Waals surface area contributed by atoms with Crippen molar-refractivity contribution in [2.24, 2.45) is 5.11 Å². The van der Waals surface area contributed by atoms with Crippen LogP contribution in [-0.4, -0.2) is 16.1 Å². The molecule has 6 heteroatoms. The summed E-state index contributed by atoms with van der Waals surface area (Å²) in [6.45, 7) is 3.25. The summed E-state index contributed by atoms with van der Waals surface area (Å²) in [5.74, 6) is 0. The van der Waals surface area contributed by atoms with E-state index in [1.54, 1.807) is 6.33 Å². The minimum absolute atomic E-state index is 0.419. The quantitative estimate of drug-likeness (QED) is 0.417. The van der Waals surface area contributed by atoms with Gasteiger partial charge in [0.2, 0.25) is 0 Å². The number of azide groups is 1. The Labute approximate surface area is 81.0 Å². The minimum atomic E-state index is 0.419. The van der Waals surface area contributed by atoms with Crippen LogP contribution in [0.3, 0.4) is 0 Å². The van der Waals surface area contributed by atoms with Gasteiger partial charge in [-0.05, 0) is 18.9 Å². The highest BCUT2D eigenvalue weighted by molar-refractivity contribution is 6.30. The van der Waals surface area contributed by atoms with E-state index in [4.69, 9.17) is 17.1 Å². The van der Waals surface area contributed by atoms with Crippen molar-refractivity contribution < 1.29 is 0 Å². The second-order valence-electron chi connectivity index (χ2n) is 2.47. The van der Waals surface area contributed by atoms with E-state index in [1.165, 1.54) is 0 Å². The smallest absolute Gasteiger partial charge is 0.150 e. The zero-order chi connectivity index (χ0) is 9.68. The van der Waals surface area contributed by atoms with Crippen LogP contribution < -0.4 is 0 Å². The first-order valence-electron chi connectivity index (χ1n) is 4.00. The molecule has 0 amide bonds. The number of nitrogens with zero attached hydrogens (tertiary/aromatic N) is 5. The van der Waals surface area contributed by atoms with E-state index in [1.807, 2.05) is 11.5 Å². The standard InChI is InChI=1S/C7H10ClN5/c1-2-13-5-10-7(8)6(13)3-4-11-12-9/h5H,2-4H2,1H3. The van der Waals surface area contributed by atoms with Crippen molar-refractivity contribution in [3.05, 3.63) is 27.6 Å². The van der Waals surface area contributed by atoms with Gasteiger partial charge in [0.15, 0.2) is 0 Å².